The van der Waals surface area contributed by atoms with Crippen molar-refractivity contribution in [2.75, 3.05) is 11.9 Å². The molecule has 0 saturated heterocycles. The van der Waals surface area contributed by atoms with E-state index in [2.05, 4.69) is 15.7 Å². The third-order valence-corrected chi connectivity index (χ3v) is 2.91. The predicted octanol–water partition coefficient (Wildman–Crippen LogP) is 1.76. The minimum Gasteiger partial charge on any atom is -0.394 e. The summed E-state index contributed by atoms with van der Waals surface area (Å²) in [6.07, 6.45) is 3.98. The van der Waals surface area contributed by atoms with E-state index in [1.54, 1.807) is 17.1 Å². The zero-order chi connectivity index (χ0) is 14.4. The largest absolute Gasteiger partial charge is 0.394 e. The van der Waals surface area contributed by atoms with Crippen LogP contribution in [0.5, 0.6) is 0 Å². The van der Waals surface area contributed by atoms with E-state index in [1.807, 2.05) is 37.3 Å². The number of aliphatic hydroxyl groups is 1. The van der Waals surface area contributed by atoms with Gasteiger partial charge in [-0.3, -0.25) is 0 Å². The SMILES string of the molecule is CCC(CO)NC(=O)Nc1cnn(-c2ccccc2)c1. The molecule has 0 fully saturated rings. The average molecular weight is 274 g/mol. The lowest BCUT2D eigenvalue weighted by atomic mass is 10.2. The molecule has 6 heteroatoms. The molecule has 1 aromatic heterocycles. The van der Waals surface area contributed by atoms with Gasteiger partial charge in [0.25, 0.3) is 0 Å². The van der Waals surface area contributed by atoms with Gasteiger partial charge in [0, 0.05) is 0 Å². The van der Waals surface area contributed by atoms with Gasteiger partial charge in [-0.1, -0.05) is 25.1 Å². The number of carbonyl (C=O) groups is 1. The Morgan fingerprint density at radius 2 is 2.15 bits per heavy atom. The molecule has 3 N–H and O–H groups in total. The maximum atomic E-state index is 11.7. The molecule has 106 valence electrons. The Labute approximate surface area is 117 Å². The summed E-state index contributed by atoms with van der Waals surface area (Å²) in [5, 5.41) is 18.6. The highest BCUT2D eigenvalue weighted by molar-refractivity contribution is 5.89. The zero-order valence-electron chi connectivity index (χ0n) is 11.3. The van der Waals surface area contributed by atoms with E-state index in [1.165, 1.54) is 0 Å². The first kappa shape index (κ1) is 14.1. The molecule has 0 aliphatic rings. The predicted molar refractivity (Wildman–Crippen MR) is 76.9 cm³/mol. The van der Waals surface area contributed by atoms with Gasteiger partial charge >= 0.3 is 6.03 Å². The highest BCUT2D eigenvalue weighted by Gasteiger charge is 2.10. The second kappa shape index (κ2) is 6.72. The summed E-state index contributed by atoms with van der Waals surface area (Å²) in [5.74, 6) is 0. The number of amides is 2. The van der Waals surface area contributed by atoms with Crippen molar-refractivity contribution in [2.24, 2.45) is 0 Å². The molecule has 2 aromatic rings. The van der Waals surface area contributed by atoms with Crippen molar-refractivity contribution in [2.45, 2.75) is 19.4 Å². The molecule has 1 atom stereocenters. The Balaban J connectivity index is 1.98. The molecule has 2 amide bonds. The molecular weight excluding hydrogens is 256 g/mol. The second-order valence-corrected chi connectivity index (χ2v) is 4.40. The summed E-state index contributed by atoms with van der Waals surface area (Å²) in [6.45, 7) is 1.82. The van der Waals surface area contributed by atoms with Crippen molar-refractivity contribution in [3.63, 3.8) is 0 Å². The third-order valence-electron chi connectivity index (χ3n) is 2.91. The molecule has 20 heavy (non-hydrogen) atoms. The monoisotopic (exact) mass is 274 g/mol. The van der Waals surface area contributed by atoms with E-state index in [-0.39, 0.29) is 18.7 Å². The number of benzene rings is 1. The Hall–Kier alpha value is -2.34. The number of nitrogens with one attached hydrogen (secondary N) is 2. The molecule has 0 radical (unpaired) electrons. The van der Waals surface area contributed by atoms with E-state index in [0.717, 1.165) is 5.69 Å². The van der Waals surface area contributed by atoms with Gasteiger partial charge in [0.15, 0.2) is 0 Å². The molecule has 2 rings (SSSR count). The molecule has 0 aliphatic carbocycles. The number of anilines is 1. The molecule has 6 nitrogen and oxygen atoms in total. The Bertz CT molecular complexity index is 549. The fourth-order valence-corrected chi connectivity index (χ4v) is 1.74. The van der Waals surface area contributed by atoms with Crippen molar-refractivity contribution >= 4 is 11.7 Å². The number of nitrogens with zero attached hydrogens (tertiary/aromatic N) is 2. The number of aliphatic hydroxyl groups excluding tert-OH is 1. The second-order valence-electron chi connectivity index (χ2n) is 4.40. The molecule has 0 aliphatic heterocycles. The Morgan fingerprint density at radius 3 is 2.80 bits per heavy atom. The lowest BCUT2D eigenvalue weighted by Gasteiger charge is -2.13. The van der Waals surface area contributed by atoms with Gasteiger partial charge in [-0.15, -0.1) is 0 Å². The summed E-state index contributed by atoms with van der Waals surface area (Å²) in [4.78, 5) is 11.7. The van der Waals surface area contributed by atoms with E-state index in [9.17, 15) is 4.79 Å². The first-order valence-electron chi connectivity index (χ1n) is 6.51. The molecule has 0 bridgehead atoms. The van der Waals surface area contributed by atoms with Crippen LogP contribution in [0.1, 0.15) is 13.3 Å². The molecule has 0 saturated carbocycles. The van der Waals surface area contributed by atoms with Crippen LogP contribution in [0.3, 0.4) is 0 Å². The fourth-order valence-electron chi connectivity index (χ4n) is 1.74. The molecular formula is C14H18N4O2. The molecule has 1 aromatic carbocycles. The van der Waals surface area contributed by atoms with Gasteiger partial charge in [-0.05, 0) is 18.6 Å². The fraction of sp³-hybridized carbons (Fsp3) is 0.286. The van der Waals surface area contributed by atoms with Gasteiger partial charge in [-0.2, -0.15) is 5.10 Å². The van der Waals surface area contributed by atoms with Crippen LogP contribution >= 0.6 is 0 Å². The average Bonchev–Trinajstić information content (AvgIpc) is 2.94. The van der Waals surface area contributed by atoms with E-state index in [0.29, 0.717) is 12.1 Å². The number of carbonyl (C=O) groups excluding carboxylic acids is 1. The highest BCUT2D eigenvalue weighted by Crippen LogP contribution is 2.11. The quantitative estimate of drug-likeness (QED) is 0.777. The Morgan fingerprint density at radius 1 is 1.40 bits per heavy atom. The van der Waals surface area contributed by atoms with Crippen molar-refractivity contribution in [1.29, 1.82) is 0 Å². The first-order valence-corrected chi connectivity index (χ1v) is 6.51. The van der Waals surface area contributed by atoms with Gasteiger partial charge < -0.3 is 15.7 Å². The van der Waals surface area contributed by atoms with Crippen molar-refractivity contribution in [1.82, 2.24) is 15.1 Å². The smallest absolute Gasteiger partial charge is 0.319 e. The Kier molecular flexibility index (Phi) is 4.73. The van der Waals surface area contributed by atoms with Gasteiger partial charge in [0.05, 0.1) is 36.4 Å². The number of para-hydroxylation sites is 1. The minimum atomic E-state index is -0.349. The van der Waals surface area contributed by atoms with Gasteiger partial charge in [0.1, 0.15) is 0 Å². The van der Waals surface area contributed by atoms with E-state index >= 15 is 0 Å². The van der Waals surface area contributed by atoms with Crippen LogP contribution in [0, 0.1) is 0 Å². The van der Waals surface area contributed by atoms with Crippen LogP contribution in [0.15, 0.2) is 42.7 Å². The summed E-state index contributed by atoms with van der Waals surface area (Å²) >= 11 is 0. The molecule has 0 spiro atoms. The van der Waals surface area contributed by atoms with Crippen LogP contribution in [0.2, 0.25) is 0 Å². The van der Waals surface area contributed by atoms with Crippen molar-refractivity contribution in [3.8, 4) is 5.69 Å². The topological polar surface area (TPSA) is 79.2 Å². The standard InChI is InChI=1S/C14H18N4O2/c1-2-11(10-19)16-14(20)17-12-8-15-18(9-12)13-6-4-3-5-7-13/h3-9,11,19H,2,10H2,1H3,(H2,16,17,20). The van der Waals surface area contributed by atoms with Crippen molar-refractivity contribution in [3.05, 3.63) is 42.7 Å². The van der Waals surface area contributed by atoms with E-state index in [4.69, 9.17) is 5.11 Å². The van der Waals surface area contributed by atoms with Crippen LogP contribution in [-0.2, 0) is 0 Å². The number of hydrogen-bond donors (Lipinski definition) is 3. The number of hydrogen-bond acceptors (Lipinski definition) is 3. The highest BCUT2D eigenvalue weighted by atomic mass is 16.3. The van der Waals surface area contributed by atoms with Gasteiger partial charge in [0.2, 0.25) is 0 Å². The first-order chi connectivity index (χ1) is 9.72. The van der Waals surface area contributed by atoms with Crippen LogP contribution in [0.25, 0.3) is 5.69 Å². The number of aromatic nitrogens is 2. The summed E-state index contributed by atoms with van der Waals surface area (Å²) in [5.41, 5.74) is 1.52. The normalized spacial score (nSPS) is 11.9. The van der Waals surface area contributed by atoms with Crippen LogP contribution < -0.4 is 10.6 Å². The minimum absolute atomic E-state index is 0.0762. The van der Waals surface area contributed by atoms with E-state index < -0.39 is 0 Å². The van der Waals surface area contributed by atoms with Crippen molar-refractivity contribution < 1.29 is 9.90 Å². The lowest BCUT2D eigenvalue weighted by molar-refractivity contribution is 0.222. The zero-order valence-corrected chi connectivity index (χ0v) is 11.3. The molecule has 1 unspecified atom stereocenters. The summed E-state index contributed by atoms with van der Waals surface area (Å²) in [7, 11) is 0. The number of urea groups is 1. The van der Waals surface area contributed by atoms with Crippen LogP contribution in [-0.4, -0.2) is 33.6 Å². The van der Waals surface area contributed by atoms with Crippen LogP contribution in [0.4, 0.5) is 10.5 Å². The summed E-state index contributed by atoms with van der Waals surface area (Å²) < 4.78 is 1.68. The maximum Gasteiger partial charge on any atom is 0.319 e. The maximum absolute atomic E-state index is 11.7. The summed E-state index contributed by atoms with van der Waals surface area (Å²) in [6, 6.07) is 9.04. The number of rotatable bonds is 5. The van der Waals surface area contributed by atoms with Gasteiger partial charge in [-0.25, -0.2) is 9.48 Å². The lowest BCUT2D eigenvalue weighted by Crippen LogP contribution is -2.39. The third kappa shape index (κ3) is 3.58. The molecule has 1 heterocycles.